The van der Waals surface area contributed by atoms with Gasteiger partial charge in [-0.1, -0.05) is 60.7 Å². The molecule has 0 aliphatic carbocycles. The molecule has 0 fully saturated rings. The monoisotopic (exact) mass is 627 g/mol. The van der Waals surface area contributed by atoms with Crippen LogP contribution >= 0.6 is 0 Å². The van der Waals surface area contributed by atoms with Gasteiger partial charge in [-0.15, -0.1) is 0 Å². The third-order valence-corrected chi connectivity index (χ3v) is 9.05. The topological polar surface area (TPSA) is 128 Å². The molecule has 1 unspecified atom stereocenters. The number of nitrogens with two attached hydrogens (primary N) is 1. The lowest BCUT2D eigenvalue weighted by Crippen LogP contribution is -2.58. The first-order valence-electron chi connectivity index (χ1n) is 15.9. The van der Waals surface area contributed by atoms with E-state index in [0.717, 1.165) is 35.8 Å². The number of rotatable bonds is 11. The summed E-state index contributed by atoms with van der Waals surface area (Å²) in [6, 6.07) is 26.2. The number of likely N-dealkylation sites (N-methyl/N-ethyl adjacent to an activating group) is 2. The number of H-pyrrole nitrogens is 1. The zero-order chi connectivity index (χ0) is 32.7. The maximum atomic E-state index is 14.6. The number of aromatic nitrogens is 2. The molecule has 4 aromatic carbocycles. The van der Waals surface area contributed by atoms with Crippen molar-refractivity contribution in [3.63, 3.8) is 0 Å². The fourth-order valence-corrected chi connectivity index (χ4v) is 6.77. The van der Waals surface area contributed by atoms with Gasteiger partial charge in [-0.3, -0.25) is 19.3 Å². The van der Waals surface area contributed by atoms with E-state index in [-0.39, 0.29) is 6.54 Å². The van der Waals surface area contributed by atoms with E-state index in [2.05, 4.69) is 15.2 Å². The van der Waals surface area contributed by atoms with E-state index < -0.39 is 23.9 Å². The summed E-state index contributed by atoms with van der Waals surface area (Å²) < 4.78 is 0. The number of nitrogens with zero attached hydrogens (tertiary/aromatic N) is 4. The van der Waals surface area contributed by atoms with E-state index in [4.69, 9.17) is 10.7 Å². The van der Waals surface area contributed by atoms with Gasteiger partial charge < -0.3 is 25.8 Å². The van der Waals surface area contributed by atoms with E-state index >= 15 is 0 Å². The highest BCUT2D eigenvalue weighted by molar-refractivity contribution is 6.26. The summed E-state index contributed by atoms with van der Waals surface area (Å²) in [7, 11) is 3.97. The molecule has 4 N–H and O–H groups in total. The van der Waals surface area contributed by atoms with Crippen LogP contribution in [0.25, 0.3) is 43.6 Å². The first-order chi connectivity index (χ1) is 22.9. The molecule has 0 saturated carbocycles. The number of pyridine rings is 1. The molecule has 0 bridgehead atoms. The molecular weight excluding hydrogens is 590 g/mol. The molecule has 1 aliphatic heterocycles. The van der Waals surface area contributed by atoms with Gasteiger partial charge in [-0.2, -0.15) is 0 Å². The van der Waals surface area contributed by atoms with Crippen LogP contribution in [0.5, 0.6) is 0 Å². The zero-order valence-electron chi connectivity index (χ0n) is 26.5. The van der Waals surface area contributed by atoms with E-state index in [0.29, 0.717) is 57.1 Å². The third kappa shape index (κ3) is 5.50. The van der Waals surface area contributed by atoms with Crippen molar-refractivity contribution >= 4 is 61.3 Å². The number of hydrogen-bond donors (Lipinski definition) is 3. The number of carbonyl (C=O) groups excluding carboxylic acids is 3. The van der Waals surface area contributed by atoms with Crippen molar-refractivity contribution in [1.82, 2.24) is 30.0 Å². The Hall–Kier alpha value is -5.16. The molecule has 2 aromatic heterocycles. The lowest BCUT2D eigenvalue weighted by molar-refractivity contribution is 0.0459. The maximum Gasteiger partial charge on any atom is 0.263 e. The van der Waals surface area contributed by atoms with Gasteiger partial charge in [0.25, 0.3) is 17.7 Å². The quantitative estimate of drug-likeness (QED) is 0.179. The Labute approximate surface area is 272 Å². The van der Waals surface area contributed by atoms with Crippen molar-refractivity contribution in [3.05, 3.63) is 102 Å². The van der Waals surface area contributed by atoms with Crippen molar-refractivity contribution in [2.45, 2.75) is 12.6 Å². The first-order valence-corrected chi connectivity index (χ1v) is 15.9. The number of aromatic amines is 1. The number of benzene rings is 4. The minimum absolute atomic E-state index is 0.237. The molecule has 0 saturated heterocycles. The molecular formula is C37H37N7O3. The van der Waals surface area contributed by atoms with E-state index in [9.17, 15) is 14.4 Å². The van der Waals surface area contributed by atoms with E-state index in [1.807, 2.05) is 91.8 Å². The highest BCUT2D eigenvalue weighted by Crippen LogP contribution is 2.33. The Morgan fingerprint density at radius 1 is 0.851 bits per heavy atom. The number of imide groups is 1. The molecule has 1 atom stereocenters. The number of carbonyl (C=O) groups is 3. The molecule has 10 heteroatoms. The molecule has 3 amide bonds. The Morgan fingerprint density at radius 3 is 2.23 bits per heavy atom. The lowest BCUT2D eigenvalue weighted by Gasteiger charge is -2.36. The molecule has 47 heavy (non-hydrogen) atoms. The standard InChI is InChI=1S/C37H37N7O3/c1-42(21-18-38)19-9-20-43(2)22-30(44-36(46)26-14-7-10-23-11-8-15-27(31(23)26)37(44)47)41-35(45)32-24-12-3-5-16-28(24)39-33-25-13-4-6-17-29(25)40-34(32)33/h3-8,10-17,30,40H,9,18-22,38H2,1-2H3,(H,41,45). The van der Waals surface area contributed by atoms with Gasteiger partial charge in [0.2, 0.25) is 0 Å². The zero-order valence-corrected chi connectivity index (χ0v) is 26.5. The van der Waals surface area contributed by atoms with Gasteiger partial charge in [0.15, 0.2) is 0 Å². The molecule has 10 nitrogen and oxygen atoms in total. The fourth-order valence-electron chi connectivity index (χ4n) is 6.77. The average Bonchev–Trinajstić information content (AvgIpc) is 3.44. The van der Waals surface area contributed by atoms with Crippen LogP contribution in [-0.2, 0) is 0 Å². The predicted octanol–water partition coefficient (Wildman–Crippen LogP) is 4.59. The normalized spacial score (nSPS) is 13.9. The second-order valence-electron chi connectivity index (χ2n) is 12.3. The van der Waals surface area contributed by atoms with Crippen molar-refractivity contribution in [1.29, 1.82) is 0 Å². The third-order valence-electron chi connectivity index (χ3n) is 9.05. The van der Waals surface area contributed by atoms with Crippen LogP contribution in [0.3, 0.4) is 0 Å². The van der Waals surface area contributed by atoms with Crippen LogP contribution in [0.1, 0.15) is 37.5 Å². The molecule has 6 aromatic rings. The Morgan fingerprint density at radius 2 is 1.51 bits per heavy atom. The SMILES string of the molecule is CN(CCN)CCCN(C)CC(NC(=O)c1c2ccccc2nc2c1[nH]c1ccccc12)N1C(=O)c2cccc3cccc(c23)C1=O. The fraction of sp³-hybridized carbons (Fsp3) is 0.243. The van der Waals surface area contributed by atoms with E-state index in [1.165, 1.54) is 4.90 Å². The van der Waals surface area contributed by atoms with Crippen LogP contribution < -0.4 is 11.1 Å². The second kappa shape index (κ2) is 12.6. The van der Waals surface area contributed by atoms with Gasteiger partial charge in [0, 0.05) is 52.4 Å². The van der Waals surface area contributed by atoms with Gasteiger partial charge in [0.1, 0.15) is 6.17 Å². The van der Waals surface area contributed by atoms with Crippen LogP contribution in [0.4, 0.5) is 0 Å². The summed E-state index contributed by atoms with van der Waals surface area (Å²) >= 11 is 0. The smallest absolute Gasteiger partial charge is 0.263 e. The van der Waals surface area contributed by atoms with Gasteiger partial charge in [-0.25, -0.2) is 4.98 Å². The minimum atomic E-state index is -0.954. The summed E-state index contributed by atoms with van der Waals surface area (Å²) in [5, 5.41) is 6.18. The van der Waals surface area contributed by atoms with Crippen molar-refractivity contribution < 1.29 is 14.4 Å². The summed E-state index contributed by atoms with van der Waals surface area (Å²) in [5.74, 6) is -1.27. The van der Waals surface area contributed by atoms with E-state index in [1.54, 1.807) is 12.1 Å². The summed E-state index contributed by atoms with van der Waals surface area (Å²) in [5.41, 5.74) is 9.83. The molecule has 0 radical (unpaired) electrons. The number of fused-ring (bicyclic) bond motifs is 4. The van der Waals surface area contributed by atoms with Gasteiger partial charge in [-0.05, 0) is 63.3 Å². The number of nitrogens with one attached hydrogen (secondary N) is 2. The first kappa shape index (κ1) is 30.5. The highest BCUT2D eigenvalue weighted by Gasteiger charge is 2.39. The number of amides is 3. The largest absolute Gasteiger partial charge is 0.353 e. The van der Waals surface area contributed by atoms with Crippen molar-refractivity contribution in [2.24, 2.45) is 5.73 Å². The molecule has 238 valence electrons. The summed E-state index contributed by atoms with van der Waals surface area (Å²) in [6.45, 7) is 3.15. The molecule has 0 spiro atoms. The van der Waals surface area contributed by atoms with Gasteiger partial charge in [0.05, 0.1) is 22.1 Å². The minimum Gasteiger partial charge on any atom is -0.353 e. The highest BCUT2D eigenvalue weighted by atomic mass is 16.2. The average molecular weight is 628 g/mol. The van der Waals surface area contributed by atoms with Crippen molar-refractivity contribution in [2.75, 3.05) is 46.8 Å². The second-order valence-corrected chi connectivity index (χ2v) is 12.3. The molecule has 3 heterocycles. The Balaban J connectivity index is 1.29. The summed E-state index contributed by atoms with van der Waals surface area (Å²) in [4.78, 5) is 56.7. The van der Waals surface area contributed by atoms with Crippen LogP contribution in [0, 0.1) is 0 Å². The molecule has 1 aliphatic rings. The van der Waals surface area contributed by atoms with Crippen LogP contribution in [-0.4, -0.2) is 95.4 Å². The predicted molar refractivity (Wildman–Crippen MR) is 185 cm³/mol. The number of hydrogen-bond acceptors (Lipinski definition) is 7. The Kier molecular flexibility index (Phi) is 8.15. The van der Waals surface area contributed by atoms with Gasteiger partial charge >= 0.3 is 0 Å². The van der Waals surface area contributed by atoms with Crippen LogP contribution in [0.15, 0.2) is 84.9 Å². The van der Waals surface area contributed by atoms with Crippen molar-refractivity contribution in [3.8, 4) is 0 Å². The maximum absolute atomic E-state index is 14.6. The van der Waals surface area contributed by atoms with Crippen LogP contribution in [0.2, 0.25) is 0 Å². The Bertz CT molecular complexity index is 2120. The lowest BCUT2D eigenvalue weighted by atomic mass is 9.93. The number of para-hydroxylation sites is 2. The molecule has 7 rings (SSSR count). The summed E-state index contributed by atoms with van der Waals surface area (Å²) in [6.07, 6.45) is -0.105.